The number of sulfonamides is 1. The molecule has 282 valence electrons. The van der Waals surface area contributed by atoms with Gasteiger partial charge in [0, 0.05) is 41.9 Å². The van der Waals surface area contributed by atoms with Crippen LogP contribution < -0.4 is 26.6 Å². The zero-order valence-electron chi connectivity index (χ0n) is 30.5. The fraction of sp³-hybridized carbons (Fsp3) is 0.324. The third-order valence-corrected chi connectivity index (χ3v) is 9.62. The minimum atomic E-state index is -4.49. The molecule has 0 saturated carbocycles. The standard InChI is InChI=1S/C37H41F2N5O8S/c1-20(2)52-34(47)31(16-23-12-14-25(15-13-23)44-33(46)21(3)22(4)43(8)36(44)49)41-32(45)27-18-29(39)30(19-28(27)38)42-53(50,51)26-11-9-10-24(17-26)40-35(48)37(5,6)7/h9-15,17-20,31,42H,16H2,1-8H3,(H,40,48)(H,41,45)/t31-/m0/s1. The number of benzene rings is 3. The van der Waals surface area contributed by atoms with Crippen LogP contribution in [-0.2, 0) is 37.8 Å². The Balaban J connectivity index is 1.56. The van der Waals surface area contributed by atoms with E-state index in [1.807, 2.05) is 4.72 Å². The lowest BCUT2D eigenvalue weighted by Crippen LogP contribution is -2.44. The van der Waals surface area contributed by atoms with Crippen LogP contribution in [0.2, 0.25) is 0 Å². The van der Waals surface area contributed by atoms with Crippen molar-refractivity contribution in [1.82, 2.24) is 14.5 Å². The molecule has 13 nitrogen and oxygen atoms in total. The number of amides is 2. The number of halogens is 2. The maximum Gasteiger partial charge on any atom is 0.335 e. The highest BCUT2D eigenvalue weighted by Crippen LogP contribution is 2.25. The monoisotopic (exact) mass is 753 g/mol. The SMILES string of the molecule is Cc1c(C)n(C)c(=O)n(-c2ccc(C[C@H](NC(=O)c3cc(F)c(NS(=O)(=O)c4cccc(NC(=O)C(C)(C)C)c4)cc3F)C(=O)OC(C)C)cc2)c1=O. The predicted molar refractivity (Wildman–Crippen MR) is 195 cm³/mol. The predicted octanol–water partition coefficient (Wildman–Crippen LogP) is 4.51. The fourth-order valence-corrected chi connectivity index (χ4v) is 6.11. The van der Waals surface area contributed by atoms with E-state index in [4.69, 9.17) is 4.74 Å². The van der Waals surface area contributed by atoms with Crippen LogP contribution in [0.25, 0.3) is 5.69 Å². The molecule has 0 radical (unpaired) electrons. The van der Waals surface area contributed by atoms with Gasteiger partial charge < -0.3 is 19.9 Å². The number of aromatic nitrogens is 2. The van der Waals surface area contributed by atoms with Crippen LogP contribution in [0, 0.1) is 30.9 Å². The van der Waals surface area contributed by atoms with Gasteiger partial charge in [-0.05, 0) is 69.7 Å². The van der Waals surface area contributed by atoms with Crippen molar-refractivity contribution in [2.45, 2.75) is 71.9 Å². The Hall–Kier alpha value is -5.64. The number of carbonyl (C=O) groups is 3. The zero-order valence-corrected chi connectivity index (χ0v) is 31.3. The molecule has 16 heteroatoms. The summed E-state index contributed by atoms with van der Waals surface area (Å²) in [7, 11) is -2.95. The van der Waals surface area contributed by atoms with Crippen LogP contribution in [0.15, 0.2) is 75.1 Å². The molecule has 2 amide bonds. The van der Waals surface area contributed by atoms with Crippen molar-refractivity contribution in [1.29, 1.82) is 0 Å². The lowest BCUT2D eigenvalue weighted by molar-refractivity contribution is -0.149. The van der Waals surface area contributed by atoms with Gasteiger partial charge in [0.2, 0.25) is 5.91 Å². The summed E-state index contributed by atoms with van der Waals surface area (Å²) in [6.45, 7) is 11.4. The molecular formula is C37H41F2N5O8S. The second kappa shape index (κ2) is 15.5. The lowest BCUT2D eigenvalue weighted by atomic mass is 9.95. The van der Waals surface area contributed by atoms with Gasteiger partial charge in [-0.2, -0.15) is 0 Å². The van der Waals surface area contributed by atoms with Gasteiger partial charge in [-0.15, -0.1) is 0 Å². The number of anilines is 2. The molecule has 0 spiro atoms. The highest BCUT2D eigenvalue weighted by Gasteiger charge is 2.28. The highest BCUT2D eigenvalue weighted by atomic mass is 32.2. The quantitative estimate of drug-likeness (QED) is 0.188. The number of esters is 1. The normalized spacial score (nSPS) is 12.3. The van der Waals surface area contributed by atoms with E-state index in [0.29, 0.717) is 29.0 Å². The van der Waals surface area contributed by atoms with E-state index in [2.05, 4.69) is 10.6 Å². The van der Waals surface area contributed by atoms with Crippen molar-refractivity contribution < 1.29 is 36.3 Å². The third kappa shape index (κ3) is 9.24. The number of nitrogens with one attached hydrogen (secondary N) is 3. The van der Waals surface area contributed by atoms with Crippen molar-refractivity contribution in [3.8, 4) is 5.69 Å². The van der Waals surface area contributed by atoms with Crippen molar-refractivity contribution in [2.75, 3.05) is 10.0 Å². The molecule has 3 N–H and O–H groups in total. The van der Waals surface area contributed by atoms with E-state index in [1.165, 1.54) is 47.0 Å². The molecule has 0 fully saturated rings. The Morgan fingerprint density at radius 1 is 0.925 bits per heavy atom. The first-order chi connectivity index (χ1) is 24.6. The Labute approximate surface area is 305 Å². The molecule has 1 heterocycles. The van der Waals surface area contributed by atoms with Gasteiger partial charge in [0.05, 0.1) is 27.9 Å². The van der Waals surface area contributed by atoms with Gasteiger partial charge in [0.25, 0.3) is 21.5 Å². The molecule has 0 aliphatic carbocycles. The number of rotatable bonds is 11. The summed E-state index contributed by atoms with van der Waals surface area (Å²) >= 11 is 0. The first-order valence-corrected chi connectivity index (χ1v) is 17.9. The number of nitrogens with zero attached hydrogens (tertiary/aromatic N) is 2. The highest BCUT2D eigenvalue weighted by molar-refractivity contribution is 7.92. The third-order valence-electron chi connectivity index (χ3n) is 8.25. The van der Waals surface area contributed by atoms with E-state index >= 15 is 8.78 Å². The van der Waals surface area contributed by atoms with E-state index in [-0.39, 0.29) is 28.6 Å². The van der Waals surface area contributed by atoms with Crippen molar-refractivity contribution >= 4 is 39.2 Å². The summed E-state index contributed by atoms with van der Waals surface area (Å²) < 4.78 is 66.4. The van der Waals surface area contributed by atoms with E-state index in [0.717, 1.165) is 10.6 Å². The minimum Gasteiger partial charge on any atom is -0.461 e. The Morgan fingerprint density at radius 3 is 2.17 bits per heavy atom. The summed E-state index contributed by atoms with van der Waals surface area (Å²) in [6, 6.07) is 10.8. The van der Waals surface area contributed by atoms with Crippen molar-refractivity contribution in [3.63, 3.8) is 0 Å². The number of ether oxygens (including phenoxy) is 1. The summed E-state index contributed by atoms with van der Waals surface area (Å²) in [5.74, 6) is -5.03. The first kappa shape index (κ1) is 40.1. The average molecular weight is 754 g/mol. The summed E-state index contributed by atoms with van der Waals surface area (Å²) in [4.78, 5) is 64.1. The maximum absolute atomic E-state index is 15.3. The lowest BCUT2D eigenvalue weighted by Gasteiger charge is -2.20. The molecule has 1 aromatic heterocycles. The molecule has 4 aromatic rings. The van der Waals surface area contributed by atoms with Crippen LogP contribution in [0.5, 0.6) is 0 Å². The van der Waals surface area contributed by atoms with Crippen LogP contribution in [0.4, 0.5) is 20.2 Å². The van der Waals surface area contributed by atoms with E-state index in [1.54, 1.807) is 55.5 Å². The molecule has 0 saturated heterocycles. The molecule has 0 unspecified atom stereocenters. The van der Waals surface area contributed by atoms with Gasteiger partial charge in [-0.25, -0.2) is 31.4 Å². The van der Waals surface area contributed by atoms with Crippen LogP contribution in [0.3, 0.4) is 0 Å². The molecular weight excluding hydrogens is 712 g/mol. The van der Waals surface area contributed by atoms with Crippen molar-refractivity contribution in [3.05, 3.63) is 116 Å². The van der Waals surface area contributed by atoms with Gasteiger partial charge in [0.1, 0.15) is 17.7 Å². The summed E-state index contributed by atoms with van der Waals surface area (Å²) in [5, 5.41) is 4.96. The smallest absolute Gasteiger partial charge is 0.335 e. The van der Waals surface area contributed by atoms with Gasteiger partial charge in [-0.3, -0.25) is 19.1 Å². The Bertz CT molecular complexity index is 2270. The second-order valence-electron chi connectivity index (χ2n) is 13.7. The van der Waals surface area contributed by atoms with Crippen LogP contribution in [0.1, 0.15) is 61.8 Å². The summed E-state index contributed by atoms with van der Waals surface area (Å²) in [5.41, 5.74) is -1.63. The largest absolute Gasteiger partial charge is 0.461 e. The topological polar surface area (TPSA) is 175 Å². The van der Waals surface area contributed by atoms with E-state index in [9.17, 15) is 32.4 Å². The molecule has 0 aliphatic heterocycles. The molecule has 3 aromatic carbocycles. The van der Waals surface area contributed by atoms with Gasteiger partial charge in [0.15, 0.2) is 0 Å². The maximum atomic E-state index is 15.3. The van der Waals surface area contributed by atoms with Crippen LogP contribution in [-0.4, -0.2) is 47.5 Å². The van der Waals surface area contributed by atoms with Crippen LogP contribution >= 0.6 is 0 Å². The molecule has 0 aliphatic rings. The number of carbonyl (C=O) groups excluding carboxylic acids is 3. The molecule has 4 rings (SSSR count). The first-order valence-electron chi connectivity index (χ1n) is 16.4. The van der Waals surface area contributed by atoms with Gasteiger partial charge >= 0.3 is 11.7 Å². The fourth-order valence-electron chi connectivity index (χ4n) is 5.00. The number of hydrogen-bond donors (Lipinski definition) is 3. The molecule has 0 bridgehead atoms. The Kier molecular flexibility index (Phi) is 11.8. The number of hydrogen-bond acceptors (Lipinski definition) is 8. The Morgan fingerprint density at radius 2 is 1.57 bits per heavy atom. The molecule has 1 atom stereocenters. The van der Waals surface area contributed by atoms with Gasteiger partial charge in [-0.1, -0.05) is 39.0 Å². The average Bonchev–Trinajstić information content (AvgIpc) is 3.07. The molecule has 53 heavy (non-hydrogen) atoms. The minimum absolute atomic E-state index is 0.163. The van der Waals surface area contributed by atoms with Crippen molar-refractivity contribution in [2.24, 2.45) is 12.5 Å². The zero-order chi connectivity index (χ0) is 39.6. The van der Waals surface area contributed by atoms with E-state index < -0.39 is 73.6 Å². The summed E-state index contributed by atoms with van der Waals surface area (Å²) in [6.07, 6.45) is -0.761. The second-order valence-corrected chi connectivity index (χ2v) is 15.4.